The molecule has 1 heterocycles. The van der Waals surface area contributed by atoms with Crippen molar-refractivity contribution in [2.45, 2.75) is 20.0 Å². The molecule has 0 aliphatic carbocycles. The molecule has 2 aromatic rings. The first-order valence-corrected chi connectivity index (χ1v) is 7.99. The first kappa shape index (κ1) is 18.4. The van der Waals surface area contributed by atoms with E-state index in [1.807, 2.05) is 25.3 Å². The van der Waals surface area contributed by atoms with Crippen LogP contribution in [0.1, 0.15) is 18.1 Å². The van der Waals surface area contributed by atoms with Crippen LogP contribution in [0.2, 0.25) is 0 Å². The summed E-state index contributed by atoms with van der Waals surface area (Å²) in [7, 11) is 0. The highest BCUT2D eigenvalue weighted by Crippen LogP contribution is 2.33. The van der Waals surface area contributed by atoms with Crippen LogP contribution in [0.25, 0.3) is 0 Å². The molecule has 0 saturated heterocycles. The second-order valence-electron chi connectivity index (χ2n) is 4.27. The molecule has 114 valence electrons. The minimum atomic E-state index is 0. The van der Waals surface area contributed by atoms with Crippen molar-refractivity contribution in [2.24, 2.45) is 0 Å². The second kappa shape index (κ2) is 9.41. The first-order valence-electron chi connectivity index (χ1n) is 6.41. The average Bonchev–Trinajstić information content (AvgIpc) is 2.43. The van der Waals surface area contributed by atoms with Crippen molar-refractivity contribution in [1.29, 1.82) is 0 Å². The Morgan fingerprint density at radius 3 is 2.71 bits per heavy atom. The lowest BCUT2D eigenvalue weighted by Crippen LogP contribution is -2.14. The highest BCUT2D eigenvalue weighted by atomic mass is 79.9. The van der Waals surface area contributed by atoms with E-state index in [1.54, 1.807) is 6.20 Å². The van der Waals surface area contributed by atoms with E-state index in [9.17, 15) is 0 Å². The highest BCUT2D eigenvalue weighted by molar-refractivity contribution is 9.11. The molecule has 1 aromatic heterocycles. The lowest BCUT2D eigenvalue weighted by atomic mass is 10.2. The molecule has 0 radical (unpaired) electrons. The van der Waals surface area contributed by atoms with Crippen molar-refractivity contribution in [3.63, 3.8) is 0 Å². The SMILES string of the molecule is CCOc1c(Br)cc(Br)cc1CNCc1cccnc1.Cl. The number of nitrogens with zero attached hydrogens (tertiary/aromatic N) is 1. The Balaban J connectivity index is 0.00000220. The fraction of sp³-hybridized carbons (Fsp3) is 0.267. The Bertz CT molecular complexity index is 567. The van der Waals surface area contributed by atoms with Gasteiger partial charge in [-0.25, -0.2) is 0 Å². The number of benzene rings is 1. The van der Waals surface area contributed by atoms with E-state index in [2.05, 4.69) is 54.3 Å². The van der Waals surface area contributed by atoms with Crippen LogP contribution < -0.4 is 10.1 Å². The number of nitrogens with one attached hydrogen (secondary N) is 1. The molecule has 1 N–H and O–H groups in total. The maximum atomic E-state index is 5.71. The fourth-order valence-corrected chi connectivity index (χ4v) is 3.32. The largest absolute Gasteiger partial charge is 0.492 e. The fourth-order valence-electron chi connectivity index (χ4n) is 1.90. The summed E-state index contributed by atoms with van der Waals surface area (Å²) in [5.74, 6) is 0.898. The molecule has 6 heteroatoms. The van der Waals surface area contributed by atoms with Gasteiger partial charge in [0.1, 0.15) is 5.75 Å². The number of hydrogen-bond donors (Lipinski definition) is 1. The molecule has 1 aromatic carbocycles. The van der Waals surface area contributed by atoms with Crippen LogP contribution in [0.5, 0.6) is 5.75 Å². The third-order valence-corrected chi connectivity index (χ3v) is 3.79. The van der Waals surface area contributed by atoms with E-state index < -0.39 is 0 Å². The van der Waals surface area contributed by atoms with Crippen LogP contribution in [0, 0.1) is 0 Å². The number of rotatable bonds is 6. The monoisotopic (exact) mass is 434 g/mol. The van der Waals surface area contributed by atoms with Crippen molar-refractivity contribution >= 4 is 44.3 Å². The van der Waals surface area contributed by atoms with Crippen LogP contribution >= 0.6 is 44.3 Å². The third kappa shape index (κ3) is 5.58. The summed E-state index contributed by atoms with van der Waals surface area (Å²) in [6.07, 6.45) is 3.65. The van der Waals surface area contributed by atoms with Crippen molar-refractivity contribution in [3.8, 4) is 5.75 Å². The van der Waals surface area contributed by atoms with Crippen LogP contribution in [0.15, 0.2) is 45.6 Å². The van der Waals surface area contributed by atoms with Gasteiger partial charge in [-0.05, 0) is 46.6 Å². The third-order valence-electron chi connectivity index (χ3n) is 2.74. The summed E-state index contributed by atoms with van der Waals surface area (Å²) < 4.78 is 7.70. The number of halogens is 3. The molecule has 0 saturated carbocycles. The number of pyridine rings is 1. The highest BCUT2D eigenvalue weighted by Gasteiger charge is 2.09. The standard InChI is InChI=1S/C15H16Br2N2O.ClH/c1-2-20-15-12(6-13(16)7-14(15)17)10-19-9-11-4-3-5-18-8-11;/h3-8,19H,2,9-10H2,1H3;1H. The molecule has 0 fully saturated rings. The van der Waals surface area contributed by atoms with Gasteiger partial charge in [0, 0.05) is 35.5 Å². The summed E-state index contributed by atoms with van der Waals surface area (Å²) >= 11 is 7.05. The molecule has 0 atom stereocenters. The molecule has 0 bridgehead atoms. The Hall–Kier alpha value is -0.620. The van der Waals surface area contributed by atoms with Crippen molar-refractivity contribution in [1.82, 2.24) is 10.3 Å². The van der Waals surface area contributed by atoms with Crippen LogP contribution in [0.3, 0.4) is 0 Å². The normalized spacial score (nSPS) is 10.0. The number of ether oxygens (including phenoxy) is 1. The van der Waals surface area contributed by atoms with Gasteiger partial charge in [-0.2, -0.15) is 0 Å². The average molecular weight is 437 g/mol. The molecular formula is C15H17Br2ClN2O. The van der Waals surface area contributed by atoms with Crippen LogP contribution in [-0.2, 0) is 13.1 Å². The van der Waals surface area contributed by atoms with Gasteiger partial charge >= 0.3 is 0 Å². The smallest absolute Gasteiger partial charge is 0.138 e. The van der Waals surface area contributed by atoms with E-state index in [0.29, 0.717) is 6.61 Å². The van der Waals surface area contributed by atoms with Gasteiger partial charge in [0.15, 0.2) is 0 Å². The summed E-state index contributed by atoms with van der Waals surface area (Å²) in [5, 5.41) is 3.41. The Kier molecular flexibility index (Phi) is 8.26. The molecule has 3 nitrogen and oxygen atoms in total. The summed E-state index contributed by atoms with van der Waals surface area (Å²) in [6, 6.07) is 8.07. The Morgan fingerprint density at radius 2 is 2.05 bits per heavy atom. The molecule has 0 aliphatic heterocycles. The molecule has 21 heavy (non-hydrogen) atoms. The van der Waals surface area contributed by atoms with Gasteiger partial charge in [-0.1, -0.05) is 22.0 Å². The van der Waals surface area contributed by atoms with E-state index in [0.717, 1.165) is 33.3 Å². The summed E-state index contributed by atoms with van der Waals surface area (Å²) in [6.45, 7) is 4.16. The van der Waals surface area contributed by atoms with Crippen molar-refractivity contribution < 1.29 is 4.74 Å². The molecule has 0 spiro atoms. The molecule has 2 rings (SSSR count). The van der Waals surface area contributed by atoms with Crippen LogP contribution in [0.4, 0.5) is 0 Å². The van der Waals surface area contributed by atoms with Gasteiger partial charge in [0.25, 0.3) is 0 Å². The zero-order valence-corrected chi connectivity index (χ0v) is 15.6. The minimum absolute atomic E-state index is 0. The quantitative estimate of drug-likeness (QED) is 0.712. The molecular weight excluding hydrogens is 419 g/mol. The van der Waals surface area contributed by atoms with Gasteiger partial charge in [0.2, 0.25) is 0 Å². The van der Waals surface area contributed by atoms with Crippen molar-refractivity contribution in [2.75, 3.05) is 6.61 Å². The van der Waals surface area contributed by atoms with Crippen LogP contribution in [-0.4, -0.2) is 11.6 Å². The summed E-state index contributed by atoms with van der Waals surface area (Å²) in [5.41, 5.74) is 2.29. The van der Waals surface area contributed by atoms with E-state index >= 15 is 0 Å². The lowest BCUT2D eigenvalue weighted by Gasteiger charge is -2.13. The predicted molar refractivity (Wildman–Crippen MR) is 95.0 cm³/mol. The van der Waals surface area contributed by atoms with Gasteiger partial charge in [-0.15, -0.1) is 12.4 Å². The molecule has 0 aliphatic rings. The Morgan fingerprint density at radius 1 is 1.24 bits per heavy atom. The van der Waals surface area contributed by atoms with E-state index in [-0.39, 0.29) is 12.4 Å². The van der Waals surface area contributed by atoms with E-state index in [1.165, 1.54) is 5.56 Å². The van der Waals surface area contributed by atoms with Crippen molar-refractivity contribution in [3.05, 3.63) is 56.7 Å². The zero-order valence-electron chi connectivity index (χ0n) is 11.6. The summed E-state index contributed by atoms with van der Waals surface area (Å²) in [4.78, 5) is 4.11. The Labute approximate surface area is 148 Å². The minimum Gasteiger partial charge on any atom is -0.492 e. The maximum absolute atomic E-state index is 5.71. The van der Waals surface area contributed by atoms with E-state index in [4.69, 9.17) is 4.74 Å². The van der Waals surface area contributed by atoms with Gasteiger partial charge < -0.3 is 10.1 Å². The lowest BCUT2D eigenvalue weighted by molar-refractivity contribution is 0.333. The second-order valence-corrected chi connectivity index (χ2v) is 6.04. The van der Waals surface area contributed by atoms with Gasteiger partial charge in [0.05, 0.1) is 11.1 Å². The number of hydrogen-bond acceptors (Lipinski definition) is 3. The first-order chi connectivity index (χ1) is 9.70. The molecule has 0 unspecified atom stereocenters. The molecule has 0 amide bonds. The zero-order chi connectivity index (χ0) is 14.4. The number of aromatic nitrogens is 1. The maximum Gasteiger partial charge on any atom is 0.138 e. The van der Waals surface area contributed by atoms with Gasteiger partial charge in [-0.3, -0.25) is 4.98 Å². The predicted octanol–water partition coefficient (Wildman–Crippen LogP) is 4.72. The topological polar surface area (TPSA) is 34.1 Å².